The van der Waals surface area contributed by atoms with Crippen LogP contribution in [0.2, 0.25) is 0 Å². The van der Waals surface area contributed by atoms with Crippen LogP contribution in [0.4, 0.5) is 5.69 Å². The van der Waals surface area contributed by atoms with E-state index in [0.29, 0.717) is 31.1 Å². The van der Waals surface area contributed by atoms with Crippen LogP contribution < -0.4 is 20.1 Å². The van der Waals surface area contributed by atoms with Crippen LogP contribution in [0.1, 0.15) is 30.1 Å². The van der Waals surface area contributed by atoms with Crippen molar-refractivity contribution < 1.29 is 27.5 Å². The Balaban J connectivity index is 1.72. The van der Waals surface area contributed by atoms with Crippen LogP contribution in [-0.2, 0) is 14.8 Å². The average Bonchev–Trinajstić information content (AvgIpc) is 3.34. The highest BCUT2D eigenvalue weighted by atomic mass is 32.2. The first-order valence-electron chi connectivity index (χ1n) is 10.3. The molecule has 9 nitrogen and oxygen atoms in total. The Morgan fingerprint density at radius 3 is 2.38 bits per heavy atom. The first-order chi connectivity index (χ1) is 15.3. The van der Waals surface area contributed by atoms with E-state index in [1.54, 1.807) is 24.3 Å². The number of hydrogen-bond donors (Lipinski definition) is 2. The standard InChI is InChI=1S/C22H27N3O6S/c1-3-23-21(26)15-31-18-9-7-17(8-10-18)24-22(27)16-6-11-19(30-2)20(14-16)32(28,29)25-12-4-5-13-25/h6-11,14H,3-5,12-13,15H2,1-2H3,(H,23,26)(H,24,27). The summed E-state index contributed by atoms with van der Waals surface area (Å²) in [6.07, 6.45) is 1.62. The van der Waals surface area contributed by atoms with Crippen LogP contribution in [0.15, 0.2) is 47.4 Å². The number of nitrogens with zero attached hydrogens (tertiary/aromatic N) is 1. The Bertz CT molecular complexity index is 1060. The van der Waals surface area contributed by atoms with Crippen molar-refractivity contribution in [2.45, 2.75) is 24.7 Å². The molecule has 172 valence electrons. The van der Waals surface area contributed by atoms with E-state index in [2.05, 4.69) is 10.6 Å². The van der Waals surface area contributed by atoms with Gasteiger partial charge in [0.1, 0.15) is 16.4 Å². The third kappa shape index (κ3) is 5.57. The Morgan fingerprint density at radius 1 is 1.06 bits per heavy atom. The SMILES string of the molecule is CCNC(=O)COc1ccc(NC(=O)c2ccc(OC)c(S(=O)(=O)N3CCCC3)c2)cc1. The second kappa shape index (κ2) is 10.5. The van der Waals surface area contributed by atoms with Gasteiger partial charge in [-0.2, -0.15) is 4.31 Å². The van der Waals surface area contributed by atoms with Crippen molar-refractivity contribution >= 4 is 27.5 Å². The van der Waals surface area contributed by atoms with Crippen molar-refractivity contribution in [3.05, 3.63) is 48.0 Å². The van der Waals surface area contributed by atoms with E-state index in [-0.39, 0.29) is 28.7 Å². The second-order valence-electron chi connectivity index (χ2n) is 7.20. The van der Waals surface area contributed by atoms with Crippen molar-refractivity contribution in [3.8, 4) is 11.5 Å². The molecule has 2 N–H and O–H groups in total. The zero-order chi connectivity index (χ0) is 23.1. The monoisotopic (exact) mass is 461 g/mol. The quantitative estimate of drug-likeness (QED) is 0.592. The minimum absolute atomic E-state index is 0.0244. The van der Waals surface area contributed by atoms with E-state index in [9.17, 15) is 18.0 Å². The molecule has 2 amide bonds. The van der Waals surface area contributed by atoms with Gasteiger partial charge in [-0.3, -0.25) is 9.59 Å². The molecular formula is C22H27N3O6S. The molecule has 2 aromatic rings. The van der Waals surface area contributed by atoms with Gasteiger partial charge in [0.15, 0.2) is 6.61 Å². The van der Waals surface area contributed by atoms with E-state index < -0.39 is 15.9 Å². The molecule has 1 aliphatic heterocycles. The summed E-state index contributed by atoms with van der Waals surface area (Å²) in [5, 5.41) is 5.37. The van der Waals surface area contributed by atoms with Crippen molar-refractivity contribution in [2.24, 2.45) is 0 Å². The number of methoxy groups -OCH3 is 1. The lowest BCUT2D eigenvalue weighted by atomic mass is 10.2. The molecule has 0 spiro atoms. The molecular weight excluding hydrogens is 434 g/mol. The molecule has 1 aliphatic rings. The molecule has 3 rings (SSSR count). The van der Waals surface area contributed by atoms with Gasteiger partial charge in [0, 0.05) is 30.9 Å². The molecule has 10 heteroatoms. The normalized spacial score (nSPS) is 14.1. The van der Waals surface area contributed by atoms with Gasteiger partial charge < -0.3 is 20.1 Å². The third-order valence-electron chi connectivity index (χ3n) is 4.96. The molecule has 1 heterocycles. The molecule has 0 radical (unpaired) electrons. The lowest BCUT2D eigenvalue weighted by Gasteiger charge is -2.18. The highest BCUT2D eigenvalue weighted by Crippen LogP contribution is 2.30. The number of nitrogens with one attached hydrogen (secondary N) is 2. The van der Waals surface area contributed by atoms with E-state index in [1.807, 2.05) is 6.92 Å². The molecule has 0 aliphatic carbocycles. The number of ether oxygens (including phenoxy) is 2. The summed E-state index contributed by atoms with van der Waals surface area (Å²) < 4.78 is 38.0. The maximum atomic E-state index is 13.0. The zero-order valence-electron chi connectivity index (χ0n) is 18.1. The fourth-order valence-corrected chi connectivity index (χ4v) is 5.02. The van der Waals surface area contributed by atoms with Gasteiger partial charge in [-0.25, -0.2) is 8.42 Å². The first kappa shape index (κ1) is 23.6. The number of sulfonamides is 1. The second-order valence-corrected chi connectivity index (χ2v) is 9.10. The molecule has 0 saturated carbocycles. The minimum Gasteiger partial charge on any atom is -0.495 e. The fourth-order valence-electron chi connectivity index (χ4n) is 3.32. The number of anilines is 1. The number of benzene rings is 2. The van der Waals surface area contributed by atoms with Crippen LogP contribution >= 0.6 is 0 Å². The number of amides is 2. The Morgan fingerprint density at radius 2 is 1.75 bits per heavy atom. The van der Waals surface area contributed by atoms with E-state index in [1.165, 1.54) is 29.6 Å². The predicted octanol–water partition coefficient (Wildman–Crippen LogP) is 2.25. The van der Waals surface area contributed by atoms with Gasteiger partial charge in [-0.05, 0) is 62.2 Å². The topological polar surface area (TPSA) is 114 Å². The maximum Gasteiger partial charge on any atom is 0.257 e. The maximum absolute atomic E-state index is 13.0. The van der Waals surface area contributed by atoms with Crippen LogP contribution in [0, 0.1) is 0 Å². The van der Waals surface area contributed by atoms with Gasteiger partial charge in [0.2, 0.25) is 10.0 Å². The summed E-state index contributed by atoms with van der Waals surface area (Å²) in [4.78, 5) is 24.2. The van der Waals surface area contributed by atoms with Crippen LogP contribution in [0.3, 0.4) is 0 Å². The lowest BCUT2D eigenvalue weighted by Crippen LogP contribution is -2.28. The van der Waals surface area contributed by atoms with E-state index in [0.717, 1.165) is 12.8 Å². The smallest absolute Gasteiger partial charge is 0.257 e. The van der Waals surface area contributed by atoms with E-state index >= 15 is 0 Å². The summed E-state index contributed by atoms with van der Waals surface area (Å²) in [5.41, 5.74) is 0.695. The number of hydrogen-bond acceptors (Lipinski definition) is 6. The van der Waals surface area contributed by atoms with Gasteiger partial charge in [-0.1, -0.05) is 0 Å². The average molecular weight is 462 g/mol. The van der Waals surface area contributed by atoms with Crippen LogP contribution in [0.25, 0.3) is 0 Å². The Kier molecular flexibility index (Phi) is 7.70. The van der Waals surface area contributed by atoms with Crippen molar-refractivity contribution in [2.75, 3.05) is 38.7 Å². The summed E-state index contributed by atoms with van der Waals surface area (Å²) >= 11 is 0. The molecule has 32 heavy (non-hydrogen) atoms. The summed E-state index contributed by atoms with van der Waals surface area (Å²) in [5.74, 6) is 0.00495. The van der Waals surface area contributed by atoms with Gasteiger partial charge in [0.25, 0.3) is 11.8 Å². The third-order valence-corrected chi connectivity index (χ3v) is 6.88. The highest BCUT2D eigenvalue weighted by molar-refractivity contribution is 7.89. The van der Waals surface area contributed by atoms with Gasteiger partial charge in [0.05, 0.1) is 7.11 Å². The molecule has 0 unspecified atom stereocenters. The molecule has 0 aromatic heterocycles. The first-order valence-corrected chi connectivity index (χ1v) is 11.8. The minimum atomic E-state index is -3.75. The van der Waals surface area contributed by atoms with Crippen molar-refractivity contribution in [3.63, 3.8) is 0 Å². The molecule has 2 aromatic carbocycles. The highest BCUT2D eigenvalue weighted by Gasteiger charge is 2.30. The number of rotatable bonds is 9. The van der Waals surface area contributed by atoms with Crippen LogP contribution in [0.5, 0.6) is 11.5 Å². The lowest BCUT2D eigenvalue weighted by molar-refractivity contribution is -0.122. The molecule has 1 saturated heterocycles. The summed E-state index contributed by atoms with van der Waals surface area (Å²) in [6, 6.07) is 10.9. The van der Waals surface area contributed by atoms with Gasteiger partial charge >= 0.3 is 0 Å². The van der Waals surface area contributed by atoms with Crippen LogP contribution in [-0.4, -0.2) is 57.9 Å². The molecule has 1 fully saturated rings. The predicted molar refractivity (Wildman–Crippen MR) is 120 cm³/mol. The fraction of sp³-hybridized carbons (Fsp3) is 0.364. The Hall–Kier alpha value is -3.11. The molecule has 0 atom stereocenters. The number of carbonyl (C=O) groups excluding carboxylic acids is 2. The molecule has 0 bridgehead atoms. The van der Waals surface area contributed by atoms with E-state index in [4.69, 9.17) is 9.47 Å². The summed E-state index contributed by atoms with van der Waals surface area (Å²) in [7, 11) is -2.36. The number of carbonyl (C=O) groups is 2. The largest absolute Gasteiger partial charge is 0.495 e. The zero-order valence-corrected chi connectivity index (χ0v) is 18.9. The van der Waals surface area contributed by atoms with Gasteiger partial charge in [-0.15, -0.1) is 0 Å². The van der Waals surface area contributed by atoms with Crippen molar-refractivity contribution in [1.29, 1.82) is 0 Å². The Labute approximate surface area is 187 Å². The van der Waals surface area contributed by atoms with Crippen molar-refractivity contribution in [1.82, 2.24) is 9.62 Å². The summed E-state index contributed by atoms with van der Waals surface area (Å²) in [6.45, 7) is 3.16. The number of likely N-dealkylation sites (N-methyl/N-ethyl adjacent to an activating group) is 1.